The monoisotopic (exact) mass is 311 g/mol. The van der Waals surface area contributed by atoms with Crippen molar-refractivity contribution in [2.45, 2.75) is 36.7 Å². The molecule has 1 atom stereocenters. The number of imidazole rings is 1. The summed E-state index contributed by atoms with van der Waals surface area (Å²) in [5.41, 5.74) is 0. The zero-order chi connectivity index (χ0) is 13.6. The Morgan fingerprint density at radius 3 is 2.78 bits per heavy atom. The van der Waals surface area contributed by atoms with Crippen molar-refractivity contribution in [1.29, 1.82) is 0 Å². The van der Waals surface area contributed by atoms with Crippen LogP contribution in [0.25, 0.3) is 0 Å². The largest absolute Gasteiger partial charge is 0.333 e. The number of nitrogens with one attached hydrogen (secondary N) is 1. The van der Waals surface area contributed by atoms with Crippen LogP contribution in [-0.4, -0.2) is 25.7 Å². The Morgan fingerprint density at radius 2 is 2.28 bits per heavy atom. The first-order valence-electron chi connectivity index (χ1n) is 5.72. The SMILES string of the molecule is CCCCC(=O)NC(n1ccnc1)C(Cl)(Cl)CCl. The van der Waals surface area contributed by atoms with Crippen molar-refractivity contribution in [2.75, 3.05) is 5.88 Å². The third-order valence-electron chi connectivity index (χ3n) is 2.46. The minimum absolute atomic E-state index is 0.00693. The maximum Gasteiger partial charge on any atom is 0.221 e. The summed E-state index contributed by atoms with van der Waals surface area (Å²) in [4.78, 5) is 15.7. The molecule has 0 saturated heterocycles. The van der Waals surface area contributed by atoms with Crippen LogP contribution in [0.1, 0.15) is 32.4 Å². The second-order valence-electron chi connectivity index (χ2n) is 3.98. The van der Waals surface area contributed by atoms with E-state index in [0.717, 1.165) is 12.8 Å². The Balaban J connectivity index is 2.77. The van der Waals surface area contributed by atoms with Crippen molar-refractivity contribution in [2.24, 2.45) is 0 Å². The number of hydrogen-bond acceptors (Lipinski definition) is 2. The molecule has 1 rings (SSSR count). The lowest BCUT2D eigenvalue weighted by molar-refractivity contribution is -0.122. The van der Waals surface area contributed by atoms with Crippen molar-refractivity contribution in [3.05, 3.63) is 18.7 Å². The van der Waals surface area contributed by atoms with Crippen LogP contribution < -0.4 is 5.32 Å². The Kier molecular flexibility index (Phi) is 6.26. The van der Waals surface area contributed by atoms with E-state index in [-0.39, 0.29) is 11.8 Å². The Labute approximate surface area is 122 Å². The Bertz CT molecular complexity index is 368. The summed E-state index contributed by atoms with van der Waals surface area (Å²) in [6.45, 7) is 2.02. The first-order valence-corrected chi connectivity index (χ1v) is 7.01. The molecule has 18 heavy (non-hydrogen) atoms. The fourth-order valence-electron chi connectivity index (χ4n) is 1.46. The van der Waals surface area contributed by atoms with E-state index < -0.39 is 10.5 Å². The average molecular weight is 313 g/mol. The molecule has 0 aliphatic rings. The van der Waals surface area contributed by atoms with Gasteiger partial charge < -0.3 is 9.88 Å². The third kappa shape index (κ3) is 4.34. The van der Waals surface area contributed by atoms with Crippen molar-refractivity contribution in [3.8, 4) is 0 Å². The van der Waals surface area contributed by atoms with Gasteiger partial charge in [0.15, 0.2) is 4.33 Å². The summed E-state index contributed by atoms with van der Waals surface area (Å²) in [5, 5.41) is 2.78. The molecule has 1 aromatic heterocycles. The lowest BCUT2D eigenvalue weighted by atomic mass is 10.2. The van der Waals surface area contributed by atoms with E-state index in [0.29, 0.717) is 6.42 Å². The molecule has 1 aromatic rings. The van der Waals surface area contributed by atoms with Crippen LogP contribution >= 0.6 is 34.8 Å². The smallest absolute Gasteiger partial charge is 0.221 e. The van der Waals surface area contributed by atoms with Crippen LogP contribution in [0.5, 0.6) is 0 Å². The average Bonchev–Trinajstić information content (AvgIpc) is 2.86. The molecule has 0 fully saturated rings. The van der Waals surface area contributed by atoms with Gasteiger partial charge >= 0.3 is 0 Å². The van der Waals surface area contributed by atoms with Crippen LogP contribution in [-0.2, 0) is 4.79 Å². The number of carbonyl (C=O) groups excluding carboxylic acids is 1. The first-order chi connectivity index (χ1) is 8.51. The van der Waals surface area contributed by atoms with Crippen LogP contribution in [0, 0.1) is 0 Å². The van der Waals surface area contributed by atoms with Gasteiger partial charge in [-0.2, -0.15) is 0 Å². The van der Waals surface area contributed by atoms with Gasteiger partial charge in [0.05, 0.1) is 12.2 Å². The van der Waals surface area contributed by atoms with Crippen molar-refractivity contribution < 1.29 is 4.79 Å². The molecular formula is C11H16Cl3N3O. The third-order valence-corrected chi connectivity index (χ3v) is 3.83. The van der Waals surface area contributed by atoms with Gasteiger partial charge in [-0.3, -0.25) is 4.79 Å². The zero-order valence-electron chi connectivity index (χ0n) is 10.1. The number of aromatic nitrogens is 2. The van der Waals surface area contributed by atoms with E-state index in [4.69, 9.17) is 34.8 Å². The van der Waals surface area contributed by atoms with E-state index in [2.05, 4.69) is 10.3 Å². The lowest BCUT2D eigenvalue weighted by Gasteiger charge is -2.29. The van der Waals surface area contributed by atoms with Crippen molar-refractivity contribution in [1.82, 2.24) is 14.9 Å². The summed E-state index contributed by atoms with van der Waals surface area (Å²) in [7, 11) is 0. The number of halogens is 3. The van der Waals surface area contributed by atoms with Gasteiger partial charge in [0.2, 0.25) is 5.91 Å². The van der Waals surface area contributed by atoms with Crippen molar-refractivity contribution in [3.63, 3.8) is 0 Å². The van der Waals surface area contributed by atoms with Crippen molar-refractivity contribution >= 4 is 40.7 Å². The molecule has 0 aliphatic carbocycles. The van der Waals surface area contributed by atoms with Crippen LogP contribution in [0.15, 0.2) is 18.7 Å². The standard InChI is InChI=1S/C11H16Cl3N3O/c1-2-3-4-9(18)16-10(11(13,14)7-12)17-6-5-15-8-17/h5-6,8,10H,2-4,7H2,1H3,(H,16,18). The van der Waals surface area contributed by atoms with Gasteiger partial charge in [-0.05, 0) is 6.42 Å². The topological polar surface area (TPSA) is 46.9 Å². The van der Waals surface area contributed by atoms with E-state index in [1.807, 2.05) is 6.92 Å². The second kappa shape index (κ2) is 7.22. The number of hydrogen-bond donors (Lipinski definition) is 1. The second-order valence-corrected chi connectivity index (χ2v) is 5.79. The summed E-state index contributed by atoms with van der Waals surface area (Å²) in [5.74, 6) is -0.112. The van der Waals surface area contributed by atoms with E-state index in [1.165, 1.54) is 6.33 Å². The highest BCUT2D eigenvalue weighted by molar-refractivity contribution is 6.51. The number of rotatable bonds is 7. The quantitative estimate of drug-likeness (QED) is 0.786. The zero-order valence-corrected chi connectivity index (χ0v) is 12.3. The van der Waals surface area contributed by atoms with Crippen LogP contribution in [0.2, 0.25) is 0 Å². The summed E-state index contributed by atoms with van der Waals surface area (Å²) < 4.78 is 0.344. The fourth-order valence-corrected chi connectivity index (χ4v) is 1.94. The van der Waals surface area contributed by atoms with E-state index >= 15 is 0 Å². The fraction of sp³-hybridized carbons (Fsp3) is 0.636. The molecule has 0 bridgehead atoms. The van der Waals surface area contributed by atoms with Crippen LogP contribution in [0.3, 0.4) is 0 Å². The minimum atomic E-state index is -1.29. The maximum absolute atomic E-state index is 11.8. The molecule has 0 saturated carbocycles. The number of carbonyl (C=O) groups is 1. The van der Waals surface area contributed by atoms with Gasteiger partial charge in [-0.25, -0.2) is 4.98 Å². The summed E-state index contributed by atoms with van der Waals surface area (Å²) in [6.07, 6.45) is 6.38. The van der Waals surface area contributed by atoms with Gasteiger partial charge in [-0.15, -0.1) is 11.6 Å². The molecule has 0 aromatic carbocycles. The van der Waals surface area contributed by atoms with Gasteiger partial charge in [0, 0.05) is 18.8 Å². The molecule has 1 N–H and O–H groups in total. The first kappa shape index (κ1) is 15.6. The summed E-state index contributed by atoms with van der Waals surface area (Å²) in [6, 6.07) is 0. The van der Waals surface area contributed by atoms with Crippen LogP contribution in [0.4, 0.5) is 0 Å². The number of unbranched alkanes of at least 4 members (excludes halogenated alkanes) is 1. The summed E-state index contributed by atoms with van der Waals surface area (Å²) >= 11 is 18.0. The molecule has 0 aliphatic heterocycles. The Hall–Kier alpha value is -0.450. The molecular weight excluding hydrogens is 296 g/mol. The van der Waals surface area contributed by atoms with E-state index in [1.54, 1.807) is 17.0 Å². The Morgan fingerprint density at radius 1 is 1.56 bits per heavy atom. The normalized spacial score (nSPS) is 13.3. The predicted octanol–water partition coefficient (Wildman–Crippen LogP) is 3.10. The van der Waals surface area contributed by atoms with Gasteiger partial charge in [-0.1, -0.05) is 36.5 Å². The number of amides is 1. The predicted molar refractivity (Wildman–Crippen MR) is 74.1 cm³/mol. The molecule has 0 radical (unpaired) electrons. The number of nitrogens with zero attached hydrogens (tertiary/aromatic N) is 2. The van der Waals surface area contributed by atoms with Gasteiger partial charge in [0.1, 0.15) is 6.17 Å². The number of alkyl halides is 3. The molecule has 1 amide bonds. The molecule has 1 heterocycles. The molecule has 102 valence electrons. The van der Waals surface area contributed by atoms with Gasteiger partial charge in [0.25, 0.3) is 0 Å². The molecule has 4 nitrogen and oxygen atoms in total. The lowest BCUT2D eigenvalue weighted by Crippen LogP contribution is -2.43. The highest BCUT2D eigenvalue weighted by atomic mass is 35.5. The molecule has 0 spiro atoms. The highest BCUT2D eigenvalue weighted by Gasteiger charge is 2.36. The van der Waals surface area contributed by atoms with E-state index in [9.17, 15) is 4.79 Å². The molecule has 7 heteroatoms. The minimum Gasteiger partial charge on any atom is -0.333 e. The molecule has 1 unspecified atom stereocenters. The maximum atomic E-state index is 11.8. The highest BCUT2D eigenvalue weighted by Crippen LogP contribution is 2.33.